The number of hydrogen-bond acceptors (Lipinski definition) is 3. The van der Waals surface area contributed by atoms with Gasteiger partial charge in [-0.05, 0) is 42.8 Å². The van der Waals surface area contributed by atoms with Crippen molar-refractivity contribution in [3.8, 4) is 11.5 Å². The molecule has 2 aromatic carbocycles. The van der Waals surface area contributed by atoms with Crippen molar-refractivity contribution < 1.29 is 18.7 Å². The minimum atomic E-state index is -0.545. The maximum absolute atomic E-state index is 13.1. The van der Waals surface area contributed by atoms with Gasteiger partial charge in [0.05, 0.1) is 12.1 Å². The molecule has 0 aliphatic heterocycles. The summed E-state index contributed by atoms with van der Waals surface area (Å²) in [7, 11) is 1.53. The fraction of sp³-hybridized carbons (Fsp3) is 0.167. The van der Waals surface area contributed by atoms with Crippen molar-refractivity contribution in [1.29, 1.82) is 0 Å². The molecule has 0 aliphatic carbocycles. The molecule has 126 valence electrons. The average Bonchev–Trinajstić information content (AvgIpc) is 2.57. The van der Waals surface area contributed by atoms with Crippen LogP contribution in [-0.4, -0.2) is 19.6 Å². The molecule has 0 heterocycles. The molecule has 0 atom stereocenters. The van der Waals surface area contributed by atoms with Crippen molar-refractivity contribution in [2.45, 2.75) is 6.92 Å². The van der Waals surface area contributed by atoms with E-state index in [-0.39, 0.29) is 11.6 Å². The topological polar surface area (TPSA) is 47.6 Å². The Morgan fingerprint density at radius 1 is 1.25 bits per heavy atom. The molecule has 1 amide bonds. The second-order valence-corrected chi connectivity index (χ2v) is 5.28. The SMILES string of the molecule is C/C=C/c1ccc(OCC(=O)Nc2ccc(F)c(Cl)c2)c(OC)c1. The molecule has 0 bridgehead atoms. The number of carbonyl (C=O) groups excluding carboxylic acids is 1. The maximum atomic E-state index is 13.1. The van der Waals surface area contributed by atoms with Crippen LogP contribution in [0.1, 0.15) is 12.5 Å². The summed E-state index contributed by atoms with van der Waals surface area (Å²) in [6.07, 6.45) is 3.84. The largest absolute Gasteiger partial charge is 0.493 e. The van der Waals surface area contributed by atoms with Crippen molar-refractivity contribution in [3.63, 3.8) is 0 Å². The number of nitrogens with one attached hydrogen (secondary N) is 1. The zero-order valence-electron chi connectivity index (χ0n) is 13.3. The van der Waals surface area contributed by atoms with E-state index in [9.17, 15) is 9.18 Å². The van der Waals surface area contributed by atoms with E-state index in [1.54, 1.807) is 6.07 Å². The van der Waals surface area contributed by atoms with Gasteiger partial charge in [0.25, 0.3) is 5.91 Å². The molecule has 24 heavy (non-hydrogen) atoms. The van der Waals surface area contributed by atoms with Crippen LogP contribution in [0.25, 0.3) is 6.08 Å². The summed E-state index contributed by atoms with van der Waals surface area (Å²) in [6, 6.07) is 9.34. The Morgan fingerprint density at radius 2 is 2.04 bits per heavy atom. The number of amides is 1. The van der Waals surface area contributed by atoms with Crippen LogP contribution in [0, 0.1) is 5.82 Å². The van der Waals surface area contributed by atoms with Crippen molar-refractivity contribution in [2.75, 3.05) is 19.0 Å². The Bertz CT molecular complexity index is 762. The number of rotatable bonds is 6. The van der Waals surface area contributed by atoms with E-state index >= 15 is 0 Å². The predicted molar refractivity (Wildman–Crippen MR) is 93.2 cm³/mol. The van der Waals surface area contributed by atoms with Crippen LogP contribution in [0.5, 0.6) is 11.5 Å². The van der Waals surface area contributed by atoms with E-state index in [0.29, 0.717) is 17.2 Å². The number of halogens is 2. The Kier molecular flexibility index (Phi) is 6.21. The molecule has 2 aromatic rings. The lowest BCUT2D eigenvalue weighted by molar-refractivity contribution is -0.118. The van der Waals surface area contributed by atoms with Gasteiger partial charge < -0.3 is 14.8 Å². The van der Waals surface area contributed by atoms with E-state index in [1.807, 2.05) is 31.2 Å². The summed E-state index contributed by atoms with van der Waals surface area (Å²) in [5, 5.41) is 2.52. The number of methoxy groups -OCH3 is 1. The van der Waals surface area contributed by atoms with Crippen LogP contribution in [0.4, 0.5) is 10.1 Å². The highest BCUT2D eigenvalue weighted by atomic mass is 35.5. The van der Waals surface area contributed by atoms with Crippen LogP contribution in [0.3, 0.4) is 0 Å². The van der Waals surface area contributed by atoms with Gasteiger partial charge in [-0.25, -0.2) is 4.39 Å². The molecule has 0 unspecified atom stereocenters. The third-order valence-corrected chi connectivity index (χ3v) is 3.40. The Hall–Kier alpha value is -2.53. The predicted octanol–water partition coefficient (Wildman–Crippen LogP) is 4.54. The number of anilines is 1. The summed E-state index contributed by atoms with van der Waals surface area (Å²) in [6.45, 7) is 1.71. The number of carbonyl (C=O) groups is 1. The van der Waals surface area contributed by atoms with Gasteiger partial charge in [-0.2, -0.15) is 0 Å². The van der Waals surface area contributed by atoms with Gasteiger partial charge in [0.15, 0.2) is 18.1 Å². The Balaban J connectivity index is 1.99. The summed E-state index contributed by atoms with van der Waals surface area (Å²) >= 11 is 5.67. The monoisotopic (exact) mass is 349 g/mol. The standard InChI is InChI=1S/C18H17ClFNO3/c1-3-4-12-5-8-16(17(9-12)23-2)24-11-18(22)21-13-6-7-15(20)14(19)10-13/h3-10H,11H2,1-2H3,(H,21,22)/b4-3+. The quantitative estimate of drug-likeness (QED) is 0.833. The van der Waals surface area contributed by atoms with Gasteiger partial charge in [0.2, 0.25) is 0 Å². The molecule has 0 fully saturated rings. The lowest BCUT2D eigenvalue weighted by Crippen LogP contribution is -2.20. The lowest BCUT2D eigenvalue weighted by atomic mass is 10.2. The maximum Gasteiger partial charge on any atom is 0.262 e. The lowest BCUT2D eigenvalue weighted by Gasteiger charge is -2.11. The zero-order chi connectivity index (χ0) is 17.5. The average molecular weight is 350 g/mol. The van der Waals surface area contributed by atoms with Crippen LogP contribution in [-0.2, 0) is 4.79 Å². The Morgan fingerprint density at radius 3 is 2.71 bits per heavy atom. The van der Waals surface area contributed by atoms with Crippen molar-refractivity contribution in [1.82, 2.24) is 0 Å². The van der Waals surface area contributed by atoms with E-state index in [4.69, 9.17) is 21.1 Å². The molecule has 4 nitrogen and oxygen atoms in total. The third-order valence-electron chi connectivity index (χ3n) is 3.11. The summed E-state index contributed by atoms with van der Waals surface area (Å²) in [4.78, 5) is 11.9. The highest BCUT2D eigenvalue weighted by Crippen LogP contribution is 2.28. The Labute approximate surface area is 144 Å². The smallest absolute Gasteiger partial charge is 0.262 e. The van der Waals surface area contributed by atoms with Gasteiger partial charge in [0.1, 0.15) is 5.82 Å². The van der Waals surface area contributed by atoms with Crippen LogP contribution in [0.2, 0.25) is 5.02 Å². The minimum absolute atomic E-state index is 0.0602. The van der Waals surface area contributed by atoms with E-state index in [2.05, 4.69) is 5.32 Å². The van der Waals surface area contributed by atoms with Crippen LogP contribution in [0.15, 0.2) is 42.5 Å². The molecule has 0 saturated heterocycles. The molecule has 6 heteroatoms. The van der Waals surface area contributed by atoms with Gasteiger partial charge in [0, 0.05) is 5.69 Å². The first-order chi connectivity index (χ1) is 11.5. The molecular formula is C18H17ClFNO3. The van der Waals surface area contributed by atoms with Gasteiger partial charge >= 0.3 is 0 Å². The molecular weight excluding hydrogens is 333 g/mol. The first-order valence-corrected chi connectivity index (χ1v) is 7.59. The van der Waals surface area contributed by atoms with Crippen molar-refractivity contribution >= 4 is 29.3 Å². The normalized spacial score (nSPS) is 10.7. The first kappa shape index (κ1) is 17.8. The van der Waals surface area contributed by atoms with Crippen molar-refractivity contribution in [3.05, 3.63) is 58.9 Å². The van der Waals surface area contributed by atoms with Gasteiger partial charge in [-0.3, -0.25) is 4.79 Å². The highest BCUT2D eigenvalue weighted by Gasteiger charge is 2.09. The fourth-order valence-corrected chi connectivity index (χ4v) is 2.19. The molecule has 1 N–H and O–H groups in total. The van der Waals surface area contributed by atoms with Crippen molar-refractivity contribution in [2.24, 2.45) is 0 Å². The van der Waals surface area contributed by atoms with Gasteiger partial charge in [-0.15, -0.1) is 0 Å². The van der Waals surface area contributed by atoms with E-state index in [1.165, 1.54) is 25.3 Å². The summed E-state index contributed by atoms with van der Waals surface area (Å²) < 4.78 is 23.8. The molecule has 0 saturated carbocycles. The molecule has 0 aliphatic rings. The third kappa shape index (κ3) is 4.73. The van der Waals surface area contributed by atoms with E-state index < -0.39 is 11.7 Å². The second-order valence-electron chi connectivity index (χ2n) is 4.88. The number of benzene rings is 2. The van der Waals surface area contributed by atoms with Crippen LogP contribution >= 0.6 is 11.6 Å². The number of ether oxygens (including phenoxy) is 2. The molecule has 0 spiro atoms. The summed E-state index contributed by atoms with van der Waals surface area (Å²) in [5.41, 5.74) is 1.36. The first-order valence-electron chi connectivity index (χ1n) is 7.22. The molecule has 2 rings (SSSR count). The second kappa shape index (κ2) is 8.36. The summed E-state index contributed by atoms with van der Waals surface area (Å²) in [5.74, 6) is 0.0513. The highest BCUT2D eigenvalue weighted by molar-refractivity contribution is 6.31. The fourth-order valence-electron chi connectivity index (χ4n) is 2.01. The zero-order valence-corrected chi connectivity index (χ0v) is 14.1. The molecule has 0 radical (unpaired) electrons. The molecule has 0 aromatic heterocycles. The minimum Gasteiger partial charge on any atom is -0.493 e. The van der Waals surface area contributed by atoms with Crippen LogP contribution < -0.4 is 14.8 Å². The van der Waals surface area contributed by atoms with E-state index in [0.717, 1.165) is 5.56 Å². The number of allylic oxidation sites excluding steroid dienone is 1. The van der Waals surface area contributed by atoms with Gasteiger partial charge in [-0.1, -0.05) is 29.8 Å². The number of hydrogen-bond donors (Lipinski definition) is 1.